The number of ether oxygens (including phenoxy) is 1. The summed E-state index contributed by atoms with van der Waals surface area (Å²) in [6, 6.07) is 8.71. The number of hydrogen-bond acceptors (Lipinski definition) is 5. The van der Waals surface area contributed by atoms with E-state index >= 15 is 0 Å². The molecule has 0 radical (unpaired) electrons. The first-order valence-electron chi connectivity index (χ1n) is 8.07. The number of aromatic nitrogens is 2. The van der Waals surface area contributed by atoms with Crippen LogP contribution in [0, 0.1) is 11.6 Å². The van der Waals surface area contributed by atoms with Crippen molar-refractivity contribution in [2.45, 2.75) is 26.4 Å². The smallest absolute Gasteiger partial charge is 0.258 e. The molecule has 0 aliphatic rings. The molecule has 26 heavy (non-hydrogen) atoms. The first-order valence-corrected chi connectivity index (χ1v) is 8.07. The van der Waals surface area contributed by atoms with E-state index in [2.05, 4.69) is 10.1 Å². The summed E-state index contributed by atoms with van der Waals surface area (Å²) in [5, 5.41) is 3.81. The monoisotopic (exact) mass is 358 g/mol. The summed E-state index contributed by atoms with van der Waals surface area (Å²) in [4.78, 5) is 14.8. The van der Waals surface area contributed by atoms with Gasteiger partial charge >= 0.3 is 0 Å². The summed E-state index contributed by atoms with van der Waals surface area (Å²) in [6.07, 6.45) is 1.03. The molecular formula is C19H16F2N2O3. The zero-order valence-electron chi connectivity index (χ0n) is 14.2. The standard InChI is InChI=1S/C19H16F2N2O3/c1-3-11(2)25-17-15(20)8-14(9-16(17)21)19-22-18(23-26-19)13-6-4-12(10-24)5-7-13/h4-11H,3H2,1-2H3/t11-/m0/s1. The highest BCUT2D eigenvalue weighted by molar-refractivity contribution is 5.76. The molecule has 0 unspecified atom stereocenters. The highest BCUT2D eigenvalue weighted by atomic mass is 19.1. The van der Waals surface area contributed by atoms with E-state index in [0.717, 1.165) is 18.4 Å². The minimum absolute atomic E-state index is 0.0210. The van der Waals surface area contributed by atoms with Crippen molar-refractivity contribution < 1.29 is 22.8 Å². The van der Waals surface area contributed by atoms with Crippen LogP contribution in [0.15, 0.2) is 40.9 Å². The molecule has 0 saturated carbocycles. The van der Waals surface area contributed by atoms with E-state index in [-0.39, 0.29) is 23.4 Å². The Balaban J connectivity index is 1.90. The number of aldehydes is 1. The average molecular weight is 358 g/mol. The third-order valence-electron chi connectivity index (χ3n) is 3.87. The predicted molar refractivity (Wildman–Crippen MR) is 90.9 cm³/mol. The van der Waals surface area contributed by atoms with Gasteiger partial charge in [-0.1, -0.05) is 36.3 Å². The lowest BCUT2D eigenvalue weighted by molar-refractivity contribution is 0.112. The Morgan fingerprint density at radius 3 is 2.38 bits per heavy atom. The summed E-state index contributed by atoms with van der Waals surface area (Å²) in [5.74, 6) is -1.87. The summed E-state index contributed by atoms with van der Waals surface area (Å²) >= 11 is 0. The maximum absolute atomic E-state index is 14.2. The van der Waals surface area contributed by atoms with Crippen LogP contribution in [0.1, 0.15) is 30.6 Å². The maximum Gasteiger partial charge on any atom is 0.258 e. The zero-order chi connectivity index (χ0) is 18.7. The van der Waals surface area contributed by atoms with Crippen molar-refractivity contribution in [1.29, 1.82) is 0 Å². The summed E-state index contributed by atoms with van der Waals surface area (Å²) in [7, 11) is 0. The molecule has 1 heterocycles. The third-order valence-corrected chi connectivity index (χ3v) is 3.87. The van der Waals surface area contributed by atoms with Gasteiger partial charge in [0, 0.05) is 16.7 Å². The number of carbonyl (C=O) groups excluding carboxylic acids is 1. The quantitative estimate of drug-likeness (QED) is 0.599. The fraction of sp³-hybridized carbons (Fsp3) is 0.211. The van der Waals surface area contributed by atoms with Gasteiger partial charge in [0.25, 0.3) is 5.89 Å². The van der Waals surface area contributed by atoms with Crippen LogP contribution in [-0.2, 0) is 0 Å². The molecule has 3 aromatic rings. The molecule has 134 valence electrons. The van der Waals surface area contributed by atoms with E-state index in [9.17, 15) is 13.6 Å². The molecule has 0 amide bonds. The van der Waals surface area contributed by atoms with E-state index in [0.29, 0.717) is 17.5 Å². The molecule has 0 aliphatic carbocycles. The summed E-state index contributed by atoms with van der Waals surface area (Å²) in [5.41, 5.74) is 1.24. The Morgan fingerprint density at radius 1 is 1.15 bits per heavy atom. The minimum Gasteiger partial charge on any atom is -0.485 e. The number of hydrogen-bond donors (Lipinski definition) is 0. The van der Waals surface area contributed by atoms with Gasteiger partial charge in [0.1, 0.15) is 6.29 Å². The molecule has 7 heteroatoms. The molecule has 0 fully saturated rings. The Morgan fingerprint density at radius 2 is 1.81 bits per heavy atom. The molecule has 1 atom stereocenters. The van der Waals surface area contributed by atoms with Crippen LogP contribution in [0.25, 0.3) is 22.8 Å². The van der Waals surface area contributed by atoms with Gasteiger partial charge < -0.3 is 9.26 Å². The SMILES string of the molecule is CC[C@H](C)Oc1c(F)cc(-c2nc(-c3ccc(C=O)cc3)no2)cc1F. The first-order chi connectivity index (χ1) is 12.5. The van der Waals surface area contributed by atoms with Gasteiger partial charge in [-0.05, 0) is 25.5 Å². The second-order valence-electron chi connectivity index (χ2n) is 5.77. The molecule has 0 saturated heterocycles. The molecule has 3 rings (SSSR count). The van der Waals surface area contributed by atoms with Gasteiger partial charge in [-0.3, -0.25) is 4.79 Å². The Hall–Kier alpha value is -3.09. The topological polar surface area (TPSA) is 65.2 Å². The van der Waals surface area contributed by atoms with Crippen molar-refractivity contribution in [1.82, 2.24) is 10.1 Å². The van der Waals surface area contributed by atoms with E-state index in [4.69, 9.17) is 9.26 Å². The molecule has 1 aromatic heterocycles. The molecule has 5 nitrogen and oxygen atoms in total. The molecule has 2 aromatic carbocycles. The highest BCUT2D eigenvalue weighted by Crippen LogP contribution is 2.30. The molecule has 0 aliphatic heterocycles. The normalized spacial score (nSPS) is 12.0. The fourth-order valence-corrected chi connectivity index (χ4v) is 2.25. The lowest BCUT2D eigenvalue weighted by Gasteiger charge is -2.14. The van der Waals surface area contributed by atoms with Crippen LogP contribution in [-0.4, -0.2) is 22.5 Å². The van der Waals surface area contributed by atoms with Gasteiger partial charge in [-0.25, -0.2) is 8.78 Å². The fourth-order valence-electron chi connectivity index (χ4n) is 2.25. The third kappa shape index (κ3) is 3.61. The van der Waals surface area contributed by atoms with Crippen molar-refractivity contribution in [3.05, 3.63) is 53.6 Å². The van der Waals surface area contributed by atoms with E-state index < -0.39 is 17.4 Å². The second-order valence-corrected chi connectivity index (χ2v) is 5.77. The van der Waals surface area contributed by atoms with E-state index in [1.807, 2.05) is 6.92 Å². The predicted octanol–water partition coefficient (Wildman–Crippen LogP) is 4.67. The minimum atomic E-state index is -0.838. The summed E-state index contributed by atoms with van der Waals surface area (Å²) < 4.78 is 38.8. The molecular weight excluding hydrogens is 342 g/mol. The van der Waals surface area contributed by atoms with Crippen molar-refractivity contribution in [2.24, 2.45) is 0 Å². The lowest BCUT2D eigenvalue weighted by Crippen LogP contribution is -2.12. The van der Waals surface area contributed by atoms with Crippen molar-refractivity contribution in [2.75, 3.05) is 0 Å². The highest BCUT2D eigenvalue weighted by Gasteiger charge is 2.19. The number of rotatable bonds is 6. The number of carbonyl (C=O) groups is 1. The number of halogens is 2. The number of nitrogens with zero attached hydrogens (tertiary/aromatic N) is 2. The second kappa shape index (κ2) is 7.43. The molecule has 0 spiro atoms. The van der Waals surface area contributed by atoms with E-state index in [1.165, 1.54) is 0 Å². The number of benzene rings is 2. The molecule has 0 bridgehead atoms. The average Bonchev–Trinajstić information content (AvgIpc) is 3.14. The Kier molecular flexibility index (Phi) is 5.06. The molecule has 0 N–H and O–H groups in total. The van der Waals surface area contributed by atoms with E-state index in [1.54, 1.807) is 31.2 Å². The van der Waals surface area contributed by atoms with Gasteiger partial charge in [0.15, 0.2) is 17.4 Å². The van der Waals surface area contributed by atoms with Crippen molar-refractivity contribution in [3.8, 4) is 28.6 Å². The van der Waals surface area contributed by atoms with Gasteiger partial charge in [0.05, 0.1) is 6.10 Å². The van der Waals surface area contributed by atoms with Crippen LogP contribution < -0.4 is 4.74 Å². The summed E-state index contributed by atoms with van der Waals surface area (Å²) in [6.45, 7) is 3.59. The van der Waals surface area contributed by atoms with Gasteiger partial charge in [-0.2, -0.15) is 4.98 Å². The Bertz CT molecular complexity index is 900. The van der Waals surface area contributed by atoms with Crippen molar-refractivity contribution in [3.63, 3.8) is 0 Å². The van der Waals surface area contributed by atoms with Crippen LogP contribution in [0.2, 0.25) is 0 Å². The first kappa shape index (κ1) is 17.7. The Labute approximate surface area is 148 Å². The lowest BCUT2D eigenvalue weighted by atomic mass is 10.1. The van der Waals surface area contributed by atoms with Crippen LogP contribution in [0.3, 0.4) is 0 Å². The van der Waals surface area contributed by atoms with Gasteiger partial charge in [-0.15, -0.1) is 0 Å². The van der Waals surface area contributed by atoms with Crippen molar-refractivity contribution >= 4 is 6.29 Å². The van der Waals surface area contributed by atoms with Gasteiger partial charge in [0.2, 0.25) is 5.82 Å². The van der Waals surface area contributed by atoms with Crippen LogP contribution >= 0.6 is 0 Å². The zero-order valence-corrected chi connectivity index (χ0v) is 14.2. The van der Waals surface area contributed by atoms with Crippen LogP contribution in [0.4, 0.5) is 8.78 Å². The maximum atomic E-state index is 14.2. The largest absolute Gasteiger partial charge is 0.485 e. The van der Waals surface area contributed by atoms with Crippen LogP contribution in [0.5, 0.6) is 5.75 Å².